The van der Waals surface area contributed by atoms with Crippen LogP contribution < -0.4 is 14.2 Å². The number of rotatable bonds is 7. The molecular formula is C23H33IO11S. The Labute approximate surface area is 227 Å². The molecule has 13 heteroatoms. The average molecular weight is 644 g/mol. The number of thioether (sulfide) groups is 1. The molecule has 0 radical (unpaired) electrons. The maximum absolute atomic E-state index is 13.5. The topological polar surface area (TPSA) is 153 Å². The number of hydrogen-bond acceptors (Lipinski definition) is 12. The fourth-order valence-electron chi connectivity index (χ4n) is 4.38. The molecule has 0 bridgehead atoms. The van der Waals surface area contributed by atoms with Crippen LogP contribution in [-0.4, -0.2) is 101 Å². The second-order valence-electron chi connectivity index (χ2n) is 8.69. The number of benzene rings is 1. The molecule has 2 heterocycles. The van der Waals surface area contributed by atoms with Crippen LogP contribution in [0, 0.1) is 10.5 Å². The first-order chi connectivity index (χ1) is 17.0. The first-order valence-corrected chi connectivity index (χ1v) is 13.3. The van der Waals surface area contributed by atoms with Gasteiger partial charge in [0.05, 0.1) is 46.9 Å². The van der Waals surface area contributed by atoms with Gasteiger partial charge in [0.15, 0.2) is 17.8 Å². The van der Waals surface area contributed by atoms with Crippen LogP contribution in [0.1, 0.15) is 36.2 Å². The third-order valence-corrected chi connectivity index (χ3v) is 9.03. The standard InChI is InChI=1S/C23H33IO11S/c1-8-13(22(29)36-21-10(3)33-12(26)7-11(21)25)17(30-4)20(32-6)18(14(8)24)35-23-16(28)19(31-5)15(27)9(2)34-23/h9-12,15-16,19,21,23,25-28H,7H2,1-6H3/t9-,10+,11-,12+,15-,16+,19+,21+,23-/m0/s1. The fraction of sp³-hybridized carbons (Fsp3) is 0.696. The van der Waals surface area contributed by atoms with E-state index in [4.69, 9.17) is 28.4 Å². The highest BCUT2D eigenvalue weighted by atomic mass is 127. The van der Waals surface area contributed by atoms with E-state index in [0.29, 0.717) is 9.13 Å². The minimum absolute atomic E-state index is 0.00165. The van der Waals surface area contributed by atoms with Gasteiger partial charge in [-0.15, -0.1) is 0 Å². The first kappa shape index (κ1) is 29.6. The van der Waals surface area contributed by atoms with Crippen LogP contribution in [-0.2, 0) is 14.2 Å². The summed E-state index contributed by atoms with van der Waals surface area (Å²) in [6, 6.07) is 0. The summed E-state index contributed by atoms with van der Waals surface area (Å²) in [6.07, 6.45) is -7.78. The van der Waals surface area contributed by atoms with Crippen molar-refractivity contribution >= 4 is 39.5 Å². The van der Waals surface area contributed by atoms with Crippen molar-refractivity contribution in [3.63, 3.8) is 0 Å². The van der Waals surface area contributed by atoms with Gasteiger partial charge >= 0.3 is 0 Å². The number of hydrogen-bond donors (Lipinski definition) is 4. The summed E-state index contributed by atoms with van der Waals surface area (Å²) in [5.74, 6) is 0.418. The lowest BCUT2D eigenvalue weighted by Gasteiger charge is -2.40. The van der Waals surface area contributed by atoms with E-state index in [1.807, 2.05) is 22.6 Å². The molecule has 0 amide bonds. The van der Waals surface area contributed by atoms with Crippen LogP contribution in [0.15, 0.2) is 0 Å². The molecule has 2 aliphatic heterocycles. The van der Waals surface area contributed by atoms with Gasteiger partial charge in [0, 0.05) is 13.5 Å². The Hall–Kier alpha value is -0.910. The molecule has 2 fully saturated rings. The number of ether oxygens (including phenoxy) is 6. The lowest BCUT2D eigenvalue weighted by molar-refractivity contribution is -0.273. The highest BCUT2D eigenvalue weighted by Crippen LogP contribution is 2.48. The van der Waals surface area contributed by atoms with E-state index in [9.17, 15) is 25.2 Å². The third kappa shape index (κ3) is 5.73. The van der Waals surface area contributed by atoms with Crippen molar-refractivity contribution in [2.45, 2.75) is 81.6 Å². The summed E-state index contributed by atoms with van der Waals surface area (Å²) in [5.41, 5.74) is 0.756. The minimum atomic E-state index is -1.31. The zero-order valence-corrected chi connectivity index (χ0v) is 23.8. The van der Waals surface area contributed by atoms with E-state index < -0.39 is 54.5 Å². The van der Waals surface area contributed by atoms with E-state index in [-0.39, 0.29) is 34.3 Å². The summed E-state index contributed by atoms with van der Waals surface area (Å²) in [5, 5.41) is 40.1. The Balaban J connectivity index is 1.97. The first-order valence-electron chi connectivity index (χ1n) is 11.3. The van der Waals surface area contributed by atoms with Crippen molar-refractivity contribution in [2.24, 2.45) is 0 Å². The molecule has 1 aromatic carbocycles. The summed E-state index contributed by atoms with van der Waals surface area (Å²) >= 11 is 2.90. The third-order valence-electron chi connectivity index (χ3n) is 6.34. The Morgan fingerprint density at radius 1 is 0.972 bits per heavy atom. The Kier molecular flexibility index (Phi) is 10.1. The molecule has 0 unspecified atom stereocenters. The van der Waals surface area contributed by atoms with Crippen LogP contribution in [0.4, 0.5) is 0 Å². The Morgan fingerprint density at radius 2 is 1.61 bits per heavy atom. The highest BCUT2D eigenvalue weighted by Gasteiger charge is 2.45. The smallest absolute Gasteiger partial charge is 0.229 e. The zero-order valence-electron chi connectivity index (χ0n) is 20.8. The average Bonchev–Trinajstić information content (AvgIpc) is 2.82. The maximum atomic E-state index is 13.5. The number of aliphatic hydroxyl groups is 4. The van der Waals surface area contributed by atoms with Crippen molar-refractivity contribution < 1.29 is 53.6 Å². The quantitative estimate of drug-likeness (QED) is 0.316. The molecule has 2 aliphatic rings. The lowest BCUT2D eigenvalue weighted by Crippen LogP contribution is -2.59. The molecular weight excluding hydrogens is 611 g/mol. The predicted molar refractivity (Wildman–Crippen MR) is 138 cm³/mol. The molecule has 1 aromatic rings. The second-order valence-corrected chi connectivity index (χ2v) is 10.9. The summed E-state index contributed by atoms with van der Waals surface area (Å²) < 4.78 is 34.0. The molecule has 36 heavy (non-hydrogen) atoms. The SMILES string of the molecule is COc1c(O[C@@H]2O[C@@H](C)[C@H](O)[C@@H](OC)[C@H]2O)c(I)c(C)c(C(=O)S[C@H]2[C@@H](O)C[C@H](O)O[C@@H]2C)c1OC. The van der Waals surface area contributed by atoms with Crippen LogP contribution in [0.5, 0.6) is 17.2 Å². The van der Waals surface area contributed by atoms with E-state index in [2.05, 4.69) is 0 Å². The van der Waals surface area contributed by atoms with E-state index >= 15 is 0 Å². The fourth-order valence-corrected chi connectivity index (χ4v) is 6.15. The van der Waals surface area contributed by atoms with Crippen LogP contribution in [0.25, 0.3) is 0 Å². The maximum Gasteiger partial charge on any atom is 0.229 e. The van der Waals surface area contributed by atoms with E-state index in [1.54, 1.807) is 20.8 Å². The van der Waals surface area contributed by atoms with Gasteiger partial charge in [-0.2, -0.15) is 0 Å². The lowest BCUT2D eigenvalue weighted by atomic mass is 9.99. The van der Waals surface area contributed by atoms with Crippen molar-refractivity contribution in [3.05, 3.63) is 14.7 Å². The van der Waals surface area contributed by atoms with Gasteiger partial charge in [-0.1, -0.05) is 11.8 Å². The number of aliphatic hydroxyl groups excluding tert-OH is 4. The molecule has 0 aromatic heterocycles. The van der Waals surface area contributed by atoms with E-state index in [1.165, 1.54) is 21.3 Å². The molecule has 0 spiro atoms. The monoisotopic (exact) mass is 644 g/mol. The largest absolute Gasteiger partial charge is 0.492 e. The summed E-state index contributed by atoms with van der Waals surface area (Å²) in [6.45, 7) is 5.03. The molecule has 3 rings (SSSR count). The predicted octanol–water partition coefficient (Wildman–Crippen LogP) is 1.21. The van der Waals surface area contributed by atoms with Crippen LogP contribution in [0.2, 0.25) is 0 Å². The van der Waals surface area contributed by atoms with Crippen LogP contribution in [0.3, 0.4) is 0 Å². The zero-order chi connectivity index (χ0) is 26.9. The number of carbonyl (C=O) groups is 1. The summed E-state index contributed by atoms with van der Waals surface area (Å²) in [7, 11) is 4.15. The van der Waals surface area contributed by atoms with Gasteiger partial charge in [0.1, 0.15) is 18.3 Å². The molecule has 2 saturated heterocycles. The van der Waals surface area contributed by atoms with Gasteiger partial charge in [0.2, 0.25) is 17.2 Å². The summed E-state index contributed by atoms with van der Waals surface area (Å²) in [4.78, 5) is 13.5. The normalized spacial score (nSPS) is 34.8. The number of carbonyl (C=O) groups excluding carboxylic acids is 1. The number of methoxy groups -OCH3 is 3. The Morgan fingerprint density at radius 3 is 2.17 bits per heavy atom. The van der Waals surface area contributed by atoms with Gasteiger partial charge in [-0.25, -0.2) is 0 Å². The van der Waals surface area contributed by atoms with Crippen molar-refractivity contribution in [1.29, 1.82) is 0 Å². The molecule has 11 nitrogen and oxygen atoms in total. The molecule has 0 aliphatic carbocycles. The number of halogens is 1. The second kappa shape index (κ2) is 12.3. The minimum Gasteiger partial charge on any atom is -0.492 e. The van der Waals surface area contributed by atoms with Gasteiger partial charge in [-0.05, 0) is 48.9 Å². The van der Waals surface area contributed by atoms with Crippen molar-refractivity contribution in [3.8, 4) is 17.2 Å². The van der Waals surface area contributed by atoms with Crippen LogP contribution >= 0.6 is 34.4 Å². The van der Waals surface area contributed by atoms with Crippen molar-refractivity contribution in [1.82, 2.24) is 0 Å². The highest BCUT2D eigenvalue weighted by molar-refractivity contribution is 14.1. The molecule has 0 saturated carbocycles. The molecule has 204 valence electrons. The molecule has 4 N–H and O–H groups in total. The Bertz CT molecular complexity index is 935. The molecule has 9 atom stereocenters. The van der Waals surface area contributed by atoms with Gasteiger partial charge in [-0.3, -0.25) is 4.79 Å². The van der Waals surface area contributed by atoms with Crippen molar-refractivity contribution in [2.75, 3.05) is 21.3 Å². The van der Waals surface area contributed by atoms with Gasteiger partial charge < -0.3 is 48.8 Å². The van der Waals surface area contributed by atoms with Gasteiger partial charge in [0.25, 0.3) is 0 Å². The van der Waals surface area contributed by atoms with E-state index in [0.717, 1.165) is 11.8 Å².